The topological polar surface area (TPSA) is 109 Å². The number of aliphatic carboxylic acids is 1. The lowest BCUT2D eigenvalue weighted by Crippen LogP contribution is -2.37. The van der Waals surface area contributed by atoms with Gasteiger partial charge < -0.3 is 5.11 Å². The van der Waals surface area contributed by atoms with Crippen LogP contribution in [-0.4, -0.2) is 25.5 Å². The number of nitrogens with one attached hydrogen (secondary N) is 1. The number of rotatable bonds is 7. The minimum atomic E-state index is -3.66. The Balaban J connectivity index is 3.73. The van der Waals surface area contributed by atoms with Crippen LogP contribution in [0.15, 0.2) is 0 Å². The first-order valence-corrected chi connectivity index (χ1v) is 6.30. The zero-order chi connectivity index (χ0) is 12.1. The Labute approximate surface area is 90.0 Å². The van der Waals surface area contributed by atoms with E-state index in [-0.39, 0.29) is 6.04 Å². The average Bonchev–Trinajstić information content (AvgIpc) is 2.00. The minimum absolute atomic E-state index is 0.263. The van der Waals surface area contributed by atoms with E-state index in [4.69, 9.17) is 10.2 Å². The zero-order valence-electron chi connectivity index (χ0n) is 8.93. The van der Waals surface area contributed by atoms with E-state index in [0.29, 0.717) is 19.3 Å². The number of carboxylic acid groups (broad SMARTS) is 1. The predicted molar refractivity (Wildman–Crippen MR) is 56.4 cm³/mol. The molecule has 0 radical (unpaired) electrons. The largest absolute Gasteiger partial charge is 0.481 e. The van der Waals surface area contributed by atoms with Crippen molar-refractivity contribution in [1.29, 1.82) is 0 Å². The van der Waals surface area contributed by atoms with Crippen molar-refractivity contribution in [2.24, 2.45) is 11.1 Å². The lowest BCUT2D eigenvalue weighted by atomic mass is 10.0. The summed E-state index contributed by atoms with van der Waals surface area (Å²) in [5.74, 6) is -1.23. The SMILES string of the molecule is CC(CCCC(C)C(=O)O)NS(N)(=O)=O. The highest BCUT2D eigenvalue weighted by molar-refractivity contribution is 7.87. The number of carboxylic acids is 1. The fourth-order valence-electron chi connectivity index (χ4n) is 1.19. The zero-order valence-corrected chi connectivity index (χ0v) is 9.75. The molecule has 2 unspecified atom stereocenters. The van der Waals surface area contributed by atoms with Crippen LogP contribution in [0.1, 0.15) is 33.1 Å². The molecule has 0 saturated carbocycles. The van der Waals surface area contributed by atoms with E-state index in [2.05, 4.69) is 4.72 Å². The Morgan fingerprint density at radius 1 is 1.40 bits per heavy atom. The van der Waals surface area contributed by atoms with Crippen molar-refractivity contribution in [3.8, 4) is 0 Å². The summed E-state index contributed by atoms with van der Waals surface area (Å²) in [7, 11) is -3.66. The van der Waals surface area contributed by atoms with E-state index in [0.717, 1.165) is 0 Å². The standard InChI is InChI=1S/C8H18N2O4S/c1-6(8(11)12)4-3-5-7(2)10-15(9,13)14/h6-7,10H,3-5H2,1-2H3,(H,11,12)(H2,9,13,14). The molecule has 90 valence electrons. The molecule has 0 bridgehead atoms. The Bertz CT molecular complexity index is 302. The highest BCUT2D eigenvalue weighted by atomic mass is 32.2. The Morgan fingerprint density at radius 2 is 1.93 bits per heavy atom. The highest BCUT2D eigenvalue weighted by Gasteiger charge is 2.12. The molecular formula is C8H18N2O4S. The van der Waals surface area contributed by atoms with Gasteiger partial charge in [-0.2, -0.15) is 13.1 Å². The van der Waals surface area contributed by atoms with Gasteiger partial charge in [-0.3, -0.25) is 4.79 Å². The maximum absolute atomic E-state index is 10.6. The molecular weight excluding hydrogens is 220 g/mol. The summed E-state index contributed by atoms with van der Waals surface area (Å²) in [6, 6.07) is -0.263. The fraction of sp³-hybridized carbons (Fsp3) is 0.875. The Morgan fingerprint density at radius 3 is 2.33 bits per heavy atom. The van der Waals surface area contributed by atoms with Crippen LogP contribution in [-0.2, 0) is 15.0 Å². The van der Waals surface area contributed by atoms with Crippen LogP contribution in [0.5, 0.6) is 0 Å². The molecule has 0 fully saturated rings. The lowest BCUT2D eigenvalue weighted by Gasteiger charge is -2.12. The van der Waals surface area contributed by atoms with Crippen LogP contribution in [0, 0.1) is 5.92 Å². The first kappa shape index (κ1) is 14.3. The molecule has 15 heavy (non-hydrogen) atoms. The normalized spacial score (nSPS) is 15.9. The van der Waals surface area contributed by atoms with Crippen molar-refractivity contribution in [2.75, 3.05) is 0 Å². The second-order valence-corrected chi connectivity index (χ2v) is 5.06. The molecule has 0 spiro atoms. The summed E-state index contributed by atoms with van der Waals surface area (Å²) in [5, 5.41) is 13.4. The van der Waals surface area contributed by atoms with Gasteiger partial charge in [0.25, 0.3) is 10.2 Å². The van der Waals surface area contributed by atoms with Crippen LogP contribution in [0.3, 0.4) is 0 Å². The second kappa shape index (κ2) is 6.04. The van der Waals surface area contributed by atoms with Crippen molar-refractivity contribution >= 4 is 16.2 Å². The molecule has 0 aromatic heterocycles. The first-order chi connectivity index (χ1) is 6.72. The van der Waals surface area contributed by atoms with E-state index in [1.807, 2.05) is 0 Å². The molecule has 0 amide bonds. The van der Waals surface area contributed by atoms with E-state index in [1.165, 1.54) is 0 Å². The van der Waals surface area contributed by atoms with Crippen molar-refractivity contribution in [3.05, 3.63) is 0 Å². The van der Waals surface area contributed by atoms with Crippen LogP contribution >= 0.6 is 0 Å². The molecule has 0 aromatic carbocycles. The van der Waals surface area contributed by atoms with Crippen LogP contribution in [0.4, 0.5) is 0 Å². The number of nitrogens with two attached hydrogens (primary N) is 1. The van der Waals surface area contributed by atoms with E-state index >= 15 is 0 Å². The summed E-state index contributed by atoms with van der Waals surface area (Å²) < 4.78 is 23.5. The minimum Gasteiger partial charge on any atom is -0.481 e. The third-order valence-corrected chi connectivity index (χ3v) is 2.79. The molecule has 0 heterocycles. The predicted octanol–water partition coefficient (Wildman–Crippen LogP) is 0.0590. The average molecular weight is 238 g/mol. The summed E-state index contributed by atoms with van der Waals surface area (Å²) >= 11 is 0. The molecule has 0 aliphatic carbocycles. The molecule has 2 atom stereocenters. The third-order valence-electron chi connectivity index (χ3n) is 2.06. The molecule has 0 rings (SSSR count). The van der Waals surface area contributed by atoms with Crippen molar-refractivity contribution in [1.82, 2.24) is 4.72 Å². The Kier molecular flexibility index (Phi) is 5.77. The monoisotopic (exact) mass is 238 g/mol. The molecule has 0 saturated heterocycles. The van der Waals surface area contributed by atoms with Crippen molar-refractivity contribution in [2.45, 2.75) is 39.2 Å². The molecule has 4 N–H and O–H groups in total. The Hall–Kier alpha value is -0.660. The van der Waals surface area contributed by atoms with Gasteiger partial charge in [0, 0.05) is 6.04 Å². The van der Waals surface area contributed by atoms with Gasteiger partial charge in [0.1, 0.15) is 0 Å². The smallest absolute Gasteiger partial charge is 0.306 e. The second-order valence-electron chi connectivity index (χ2n) is 3.73. The van der Waals surface area contributed by atoms with E-state index in [9.17, 15) is 13.2 Å². The maximum Gasteiger partial charge on any atom is 0.306 e. The molecule has 0 aliphatic heterocycles. The van der Waals surface area contributed by atoms with Gasteiger partial charge in [0.15, 0.2) is 0 Å². The number of hydrogen-bond donors (Lipinski definition) is 3. The van der Waals surface area contributed by atoms with E-state index < -0.39 is 22.1 Å². The van der Waals surface area contributed by atoms with Gasteiger partial charge in [0.05, 0.1) is 5.92 Å². The van der Waals surface area contributed by atoms with Crippen molar-refractivity contribution < 1.29 is 18.3 Å². The fourth-order valence-corrected chi connectivity index (χ4v) is 1.87. The van der Waals surface area contributed by atoms with Gasteiger partial charge in [-0.05, 0) is 19.8 Å². The summed E-state index contributed by atoms with van der Waals surface area (Å²) in [6.45, 7) is 3.32. The molecule has 0 aliphatic rings. The maximum atomic E-state index is 10.6. The number of hydrogen-bond acceptors (Lipinski definition) is 3. The summed E-state index contributed by atoms with van der Waals surface area (Å²) in [4.78, 5) is 10.5. The molecule has 0 aromatic rings. The quantitative estimate of drug-likeness (QED) is 0.582. The lowest BCUT2D eigenvalue weighted by molar-refractivity contribution is -0.141. The summed E-state index contributed by atoms with van der Waals surface area (Å²) in [5.41, 5.74) is 0. The van der Waals surface area contributed by atoms with Crippen LogP contribution < -0.4 is 9.86 Å². The van der Waals surface area contributed by atoms with Gasteiger partial charge in [0.2, 0.25) is 0 Å². The molecule has 6 nitrogen and oxygen atoms in total. The summed E-state index contributed by atoms with van der Waals surface area (Å²) in [6.07, 6.45) is 1.76. The van der Waals surface area contributed by atoms with Gasteiger partial charge in [-0.1, -0.05) is 13.3 Å². The third kappa shape index (κ3) is 8.34. The van der Waals surface area contributed by atoms with Gasteiger partial charge in [-0.25, -0.2) is 5.14 Å². The number of carbonyl (C=O) groups is 1. The van der Waals surface area contributed by atoms with Crippen LogP contribution in [0.25, 0.3) is 0 Å². The molecule has 7 heteroatoms. The highest BCUT2D eigenvalue weighted by Crippen LogP contribution is 2.09. The van der Waals surface area contributed by atoms with Gasteiger partial charge >= 0.3 is 5.97 Å². The van der Waals surface area contributed by atoms with Crippen LogP contribution in [0.2, 0.25) is 0 Å². The van der Waals surface area contributed by atoms with Crippen molar-refractivity contribution in [3.63, 3.8) is 0 Å². The first-order valence-electron chi connectivity index (χ1n) is 4.75. The van der Waals surface area contributed by atoms with E-state index in [1.54, 1.807) is 13.8 Å². The van der Waals surface area contributed by atoms with Gasteiger partial charge in [-0.15, -0.1) is 0 Å².